The van der Waals surface area contributed by atoms with Crippen LogP contribution in [0.15, 0.2) is 24.3 Å². The lowest BCUT2D eigenvalue weighted by Crippen LogP contribution is -2.32. The minimum atomic E-state index is -0.0510. The van der Waals surface area contributed by atoms with E-state index < -0.39 is 0 Å². The van der Waals surface area contributed by atoms with Crippen molar-refractivity contribution in [3.8, 4) is 5.75 Å². The standard InChI is InChI=1S/C16H22N2O2/c1-3-14-16(19)18(10-11-7-8-11)15(17-14)12-5-4-6-13(9-12)20-2/h4-6,9,11,14-15,17H,3,7-8,10H2,1-2H3. The molecule has 1 aliphatic heterocycles. The van der Waals surface area contributed by atoms with Crippen molar-refractivity contribution in [1.82, 2.24) is 10.2 Å². The summed E-state index contributed by atoms with van der Waals surface area (Å²) in [7, 11) is 1.67. The van der Waals surface area contributed by atoms with Gasteiger partial charge < -0.3 is 9.64 Å². The summed E-state index contributed by atoms with van der Waals surface area (Å²) in [6.45, 7) is 2.93. The summed E-state index contributed by atoms with van der Waals surface area (Å²) in [5.74, 6) is 1.78. The highest BCUT2D eigenvalue weighted by Gasteiger charge is 2.41. The average Bonchev–Trinajstić information content (AvgIpc) is 3.24. The van der Waals surface area contributed by atoms with Gasteiger partial charge in [0.25, 0.3) is 0 Å². The Labute approximate surface area is 120 Å². The number of rotatable bonds is 5. The number of carbonyl (C=O) groups is 1. The summed E-state index contributed by atoms with van der Waals surface area (Å²) in [5.41, 5.74) is 1.11. The van der Waals surface area contributed by atoms with Crippen LogP contribution < -0.4 is 10.1 Å². The van der Waals surface area contributed by atoms with E-state index in [0.29, 0.717) is 5.92 Å². The molecular weight excluding hydrogens is 252 g/mol. The largest absolute Gasteiger partial charge is 0.497 e. The van der Waals surface area contributed by atoms with Crippen molar-refractivity contribution < 1.29 is 9.53 Å². The van der Waals surface area contributed by atoms with Crippen LogP contribution in [0.5, 0.6) is 5.75 Å². The smallest absolute Gasteiger partial charge is 0.241 e. The molecule has 2 aliphatic rings. The van der Waals surface area contributed by atoms with Crippen molar-refractivity contribution in [2.24, 2.45) is 5.92 Å². The lowest BCUT2D eigenvalue weighted by Gasteiger charge is -2.24. The van der Waals surface area contributed by atoms with E-state index in [2.05, 4.69) is 18.3 Å². The van der Waals surface area contributed by atoms with Gasteiger partial charge in [-0.3, -0.25) is 10.1 Å². The molecule has 1 N–H and O–H groups in total. The fourth-order valence-electron chi connectivity index (χ4n) is 2.83. The Hall–Kier alpha value is -1.55. The molecule has 1 aromatic carbocycles. The molecule has 1 aromatic rings. The van der Waals surface area contributed by atoms with E-state index in [0.717, 1.165) is 24.3 Å². The zero-order chi connectivity index (χ0) is 14.1. The van der Waals surface area contributed by atoms with Gasteiger partial charge in [-0.25, -0.2) is 0 Å². The van der Waals surface area contributed by atoms with Crippen molar-refractivity contribution in [2.45, 2.75) is 38.4 Å². The topological polar surface area (TPSA) is 41.6 Å². The highest BCUT2D eigenvalue weighted by molar-refractivity contribution is 5.84. The Kier molecular flexibility index (Phi) is 3.66. The van der Waals surface area contributed by atoms with Crippen LogP contribution in [-0.2, 0) is 4.79 Å². The van der Waals surface area contributed by atoms with Gasteiger partial charge in [-0.15, -0.1) is 0 Å². The number of nitrogens with zero attached hydrogens (tertiary/aromatic N) is 1. The van der Waals surface area contributed by atoms with Gasteiger partial charge in [0, 0.05) is 6.54 Å². The third kappa shape index (κ3) is 2.52. The van der Waals surface area contributed by atoms with E-state index in [-0.39, 0.29) is 18.1 Å². The zero-order valence-corrected chi connectivity index (χ0v) is 12.1. The molecule has 1 amide bonds. The normalized spacial score (nSPS) is 26.1. The Morgan fingerprint density at radius 2 is 2.20 bits per heavy atom. The molecule has 108 valence electrons. The molecule has 0 spiro atoms. The van der Waals surface area contributed by atoms with Crippen LogP contribution >= 0.6 is 0 Å². The summed E-state index contributed by atoms with van der Waals surface area (Å²) in [4.78, 5) is 14.5. The van der Waals surface area contributed by atoms with Crippen LogP contribution in [0.25, 0.3) is 0 Å². The highest BCUT2D eigenvalue weighted by Crippen LogP contribution is 2.35. The molecule has 1 saturated carbocycles. The minimum absolute atomic E-state index is 0.0110. The van der Waals surface area contributed by atoms with E-state index in [4.69, 9.17) is 4.74 Å². The molecule has 1 saturated heterocycles. The van der Waals surface area contributed by atoms with Crippen molar-refractivity contribution in [2.75, 3.05) is 13.7 Å². The quantitative estimate of drug-likeness (QED) is 0.896. The molecule has 4 heteroatoms. The molecule has 2 unspecified atom stereocenters. The van der Waals surface area contributed by atoms with Gasteiger partial charge in [-0.05, 0) is 42.9 Å². The van der Waals surface area contributed by atoms with Crippen molar-refractivity contribution >= 4 is 5.91 Å². The van der Waals surface area contributed by atoms with Crippen LogP contribution in [0.2, 0.25) is 0 Å². The molecule has 0 bridgehead atoms. The number of benzene rings is 1. The Morgan fingerprint density at radius 3 is 2.85 bits per heavy atom. The number of hydrogen-bond acceptors (Lipinski definition) is 3. The third-order valence-corrected chi connectivity index (χ3v) is 4.22. The third-order valence-electron chi connectivity index (χ3n) is 4.22. The van der Waals surface area contributed by atoms with Crippen LogP contribution in [0.4, 0.5) is 0 Å². The van der Waals surface area contributed by atoms with Crippen LogP contribution in [0.3, 0.4) is 0 Å². The fourth-order valence-corrected chi connectivity index (χ4v) is 2.83. The summed E-state index contributed by atoms with van der Waals surface area (Å²) in [6, 6.07) is 7.94. The van der Waals surface area contributed by atoms with Crippen molar-refractivity contribution in [3.05, 3.63) is 29.8 Å². The molecule has 1 aliphatic carbocycles. The SMILES string of the molecule is CCC1NC(c2cccc(OC)c2)N(CC2CC2)C1=O. The Balaban J connectivity index is 1.85. The first-order chi connectivity index (χ1) is 9.72. The molecule has 3 rings (SSSR count). The summed E-state index contributed by atoms with van der Waals surface area (Å²) in [6.07, 6.45) is 3.33. The van der Waals surface area contributed by atoms with E-state index >= 15 is 0 Å². The highest BCUT2D eigenvalue weighted by atomic mass is 16.5. The molecule has 0 radical (unpaired) electrons. The molecule has 4 nitrogen and oxygen atoms in total. The first-order valence-electron chi connectivity index (χ1n) is 7.43. The van der Waals surface area contributed by atoms with E-state index in [9.17, 15) is 4.79 Å². The Bertz CT molecular complexity index is 499. The summed E-state index contributed by atoms with van der Waals surface area (Å²) >= 11 is 0. The minimum Gasteiger partial charge on any atom is -0.497 e. The van der Waals surface area contributed by atoms with E-state index in [1.54, 1.807) is 7.11 Å². The second-order valence-electron chi connectivity index (χ2n) is 5.74. The maximum absolute atomic E-state index is 12.5. The predicted molar refractivity (Wildman–Crippen MR) is 77.4 cm³/mol. The maximum Gasteiger partial charge on any atom is 0.241 e. The van der Waals surface area contributed by atoms with Gasteiger partial charge in [0.2, 0.25) is 5.91 Å². The number of hydrogen-bond donors (Lipinski definition) is 1. The number of methoxy groups -OCH3 is 1. The maximum atomic E-state index is 12.5. The molecule has 2 atom stereocenters. The van der Waals surface area contributed by atoms with Gasteiger partial charge in [0.05, 0.1) is 13.2 Å². The lowest BCUT2D eigenvalue weighted by atomic mass is 10.1. The van der Waals surface area contributed by atoms with Gasteiger partial charge >= 0.3 is 0 Å². The van der Waals surface area contributed by atoms with Crippen LogP contribution in [0.1, 0.15) is 37.9 Å². The summed E-state index contributed by atoms with van der Waals surface area (Å²) in [5, 5.41) is 3.46. The van der Waals surface area contributed by atoms with Crippen molar-refractivity contribution in [3.63, 3.8) is 0 Å². The lowest BCUT2D eigenvalue weighted by molar-refractivity contribution is -0.130. The predicted octanol–water partition coefficient (Wildman–Crippen LogP) is 2.31. The summed E-state index contributed by atoms with van der Waals surface area (Å²) < 4.78 is 5.29. The molecule has 20 heavy (non-hydrogen) atoms. The first-order valence-corrected chi connectivity index (χ1v) is 7.43. The van der Waals surface area contributed by atoms with Gasteiger partial charge in [0.1, 0.15) is 11.9 Å². The molecule has 0 aromatic heterocycles. The number of ether oxygens (including phenoxy) is 1. The number of carbonyl (C=O) groups excluding carboxylic acids is 1. The number of nitrogens with one attached hydrogen (secondary N) is 1. The first kappa shape index (κ1) is 13.4. The molecular formula is C16H22N2O2. The van der Waals surface area contributed by atoms with E-state index in [1.807, 2.05) is 23.1 Å². The monoisotopic (exact) mass is 274 g/mol. The second-order valence-corrected chi connectivity index (χ2v) is 5.74. The average molecular weight is 274 g/mol. The number of amides is 1. The van der Waals surface area contributed by atoms with Crippen molar-refractivity contribution in [1.29, 1.82) is 0 Å². The van der Waals surface area contributed by atoms with Gasteiger partial charge in [-0.2, -0.15) is 0 Å². The molecule has 1 heterocycles. The van der Waals surface area contributed by atoms with E-state index in [1.165, 1.54) is 12.8 Å². The fraction of sp³-hybridized carbons (Fsp3) is 0.562. The zero-order valence-electron chi connectivity index (χ0n) is 12.1. The second kappa shape index (κ2) is 5.44. The molecule has 2 fully saturated rings. The van der Waals surface area contributed by atoms with Gasteiger partial charge in [0.15, 0.2) is 0 Å². The van der Waals surface area contributed by atoms with Crippen LogP contribution in [-0.4, -0.2) is 30.5 Å². The van der Waals surface area contributed by atoms with Crippen LogP contribution in [0, 0.1) is 5.92 Å². The van der Waals surface area contributed by atoms with Gasteiger partial charge in [-0.1, -0.05) is 19.1 Å². The Morgan fingerprint density at radius 1 is 1.40 bits per heavy atom.